The van der Waals surface area contributed by atoms with Crippen molar-refractivity contribution in [3.63, 3.8) is 0 Å². The van der Waals surface area contributed by atoms with Crippen molar-refractivity contribution in [3.8, 4) is 0 Å². The molecule has 0 fully saturated rings. The number of nitrogens with one attached hydrogen (secondary N) is 2. The summed E-state index contributed by atoms with van der Waals surface area (Å²) in [5.74, 6) is 0.780. The van der Waals surface area contributed by atoms with Crippen molar-refractivity contribution in [1.82, 2.24) is 0 Å². The number of furan rings is 1. The number of sulfonamides is 2. The molecule has 0 saturated carbocycles. The van der Waals surface area contributed by atoms with Gasteiger partial charge in [-0.05, 0) is 56.3 Å². The zero-order valence-corrected chi connectivity index (χ0v) is 22.7. The monoisotopic (exact) mass is 573 g/mol. The lowest BCUT2D eigenvalue weighted by Crippen LogP contribution is -2.18. The van der Waals surface area contributed by atoms with Crippen LogP contribution in [0.3, 0.4) is 0 Å². The maximum absolute atomic E-state index is 13.2. The third kappa shape index (κ3) is 6.36. The summed E-state index contributed by atoms with van der Waals surface area (Å²) in [6.07, 6.45) is 1.47. The van der Waals surface area contributed by atoms with Crippen LogP contribution in [0.25, 0.3) is 0 Å². The summed E-state index contributed by atoms with van der Waals surface area (Å²) in [6, 6.07) is 17.7. The smallest absolute Gasteiger partial charge is 0.285 e. The molecule has 0 bridgehead atoms. The Kier molecular flexibility index (Phi) is 7.81. The summed E-state index contributed by atoms with van der Waals surface area (Å²) in [5.41, 5.74) is 0.817. The molecule has 0 aliphatic heterocycles. The van der Waals surface area contributed by atoms with Gasteiger partial charge in [-0.2, -0.15) is 0 Å². The molecule has 13 heteroatoms. The SMILES string of the molecule is Cc1ccc(S(=O)(=O)Nc2cc(SCc3ccco3)c([N+](=O)[O-])cc2NS(=O)(=O)c2ccc(C)cc2)cc1. The van der Waals surface area contributed by atoms with E-state index in [9.17, 15) is 26.9 Å². The number of nitro benzene ring substituents is 1. The van der Waals surface area contributed by atoms with Gasteiger partial charge in [0.05, 0.1) is 43.0 Å². The van der Waals surface area contributed by atoms with E-state index in [-0.39, 0.29) is 31.8 Å². The van der Waals surface area contributed by atoms with E-state index in [1.165, 1.54) is 36.6 Å². The highest BCUT2D eigenvalue weighted by atomic mass is 32.2. The summed E-state index contributed by atoms with van der Waals surface area (Å²) in [7, 11) is -8.38. The summed E-state index contributed by atoms with van der Waals surface area (Å²) >= 11 is 1.05. The molecule has 0 unspecified atom stereocenters. The molecule has 0 saturated heterocycles. The van der Waals surface area contributed by atoms with Crippen LogP contribution in [0.5, 0.6) is 0 Å². The highest BCUT2D eigenvalue weighted by Crippen LogP contribution is 2.40. The Balaban J connectivity index is 1.79. The number of rotatable bonds is 10. The van der Waals surface area contributed by atoms with Crippen LogP contribution < -0.4 is 9.44 Å². The van der Waals surface area contributed by atoms with Crippen LogP contribution in [-0.4, -0.2) is 21.8 Å². The number of nitro groups is 1. The topological polar surface area (TPSA) is 149 Å². The Hall–Kier alpha value is -3.81. The number of hydrogen-bond donors (Lipinski definition) is 2. The molecular formula is C25H23N3O7S3. The van der Waals surface area contributed by atoms with Crippen molar-refractivity contribution >= 4 is 48.9 Å². The van der Waals surface area contributed by atoms with Crippen molar-refractivity contribution in [3.05, 3.63) is 106 Å². The van der Waals surface area contributed by atoms with Gasteiger partial charge in [0.25, 0.3) is 25.7 Å². The minimum atomic E-state index is -4.21. The maximum Gasteiger partial charge on any atom is 0.285 e. The molecule has 4 aromatic rings. The highest BCUT2D eigenvalue weighted by Gasteiger charge is 2.25. The van der Waals surface area contributed by atoms with E-state index in [1.807, 2.05) is 0 Å². The molecule has 0 amide bonds. The molecule has 38 heavy (non-hydrogen) atoms. The fourth-order valence-corrected chi connectivity index (χ4v) is 6.47. The molecule has 0 aliphatic rings. The maximum atomic E-state index is 13.2. The molecule has 4 rings (SSSR count). The Labute approximate surface area is 224 Å². The Bertz CT molecular complexity index is 1670. The van der Waals surface area contributed by atoms with Crippen LogP contribution in [0.4, 0.5) is 17.1 Å². The van der Waals surface area contributed by atoms with Crippen LogP contribution in [0.15, 0.2) is 98.2 Å². The van der Waals surface area contributed by atoms with Gasteiger partial charge < -0.3 is 4.42 Å². The average Bonchev–Trinajstić information content (AvgIpc) is 3.38. The second kappa shape index (κ2) is 10.9. The number of anilines is 2. The first-order valence-corrected chi connectivity index (χ1v) is 15.1. The highest BCUT2D eigenvalue weighted by molar-refractivity contribution is 7.98. The summed E-state index contributed by atoms with van der Waals surface area (Å²) < 4.78 is 62.5. The van der Waals surface area contributed by atoms with Crippen molar-refractivity contribution in [2.24, 2.45) is 0 Å². The van der Waals surface area contributed by atoms with E-state index in [4.69, 9.17) is 4.42 Å². The lowest BCUT2D eigenvalue weighted by Gasteiger charge is -2.16. The molecule has 0 radical (unpaired) electrons. The number of thioether (sulfide) groups is 1. The van der Waals surface area contributed by atoms with E-state index in [0.29, 0.717) is 5.76 Å². The van der Waals surface area contributed by atoms with E-state index >= 15 is 0 Å². The fraction of sp³-hybridized carbons (Fsp3) is 0.120. The summed E-state index contributed by atoms with van der Waals surface area (Å²) in [5, 5.41) is 11.9. The zero-order chi connectivity index (χ0) is 27.5. The van der Waals surface area contributed by atoms with Crippen molar-refractivity contribution in [2.75, 3.05) is 9.44 Å². The van der Waals surface area contributed by atoms with Crippen LogP contribution in [-0.2, 0) is 25.8 Å². The fourth-order valence-electron chi connectivity index (χ4n) is 3.38. The molecule has 198 valence electrons. The van der Waals surface area contributed by atoms with Gasteiger partial charge in [0.1, 0.15) is 5.76 Å². The first-order chi connectivity index (χ1) is 17.9. The van der Waals surface area contributed by atoms with Crippen LogP contribution >= 0.6 is 11.8 Å². The second-order valence-electron chi connectivity index (χ2n) is 8.33. The molecule has 0 spiro atoms. The molecule has 1 aromatic heterocycles. The minimum absolute atomic E-state index is 0.0569. The first kappa shape index (κ1) is 27.2. The first-order valence-electron chi connectivity index (χ1n) is 11.1. The quantitative estimate of drug-likeness (QED) is 0.139. The van der Waals surface area contributed by atoms with E-state index < -0.39 is 30.7 Å². The zero-order valence-electron chi connectivity index (χ0n) is 20.2. The Morgan fingerprint density at radius 1 is 0.816 bits per heavy atom. The van der Waals surface area contributed by atoms with E-state index in [1.54, 1.807) is 50.2 Å². The summed E-state index contributed by atoms with van der Waals surface area (Å²) in [6.45, 7) is 3.60. The van der Waals surface area contributed by atoms with Gasteiger partial charge in [-0.25, -0.2) is 16.8 Å². The predicted molar refractivity (Wildman–Crippen MR) is 145 cm³/mol. The number of hydrogen-bond acceptors (Lipinski definition) is 8. The van der Waals surface area contributed by atoms with Gasteiger partial charge in [0.2, 0.25) is 0 Å². The number of benzene rings is 3. The molecular weight excluding hydrogens is 550 g/mol. The largest absolute Gasteiger partial charge is 0.468 e. The molecule has 0 atom stereocenters. The van der Waals surface area contributed by atoms with Gasteiger partial charge in [0.15, 0.2) is 0 Å². The van der Waals surface area contributed by atoms with Crippen LogP contribution in [0.2, 0.25) is 0 Å². The van der Waals surface area contributed by atoms with Gasteiger partial charge in [-0.3, -0.25) is 19.6 Å². The minimum Gasteiger partial charge on any atom is -0.468 e. The third-order valence-electron chi connectivity index (χ3n) is 5.40. The lowest BCUT2D eigenvalue weighted by molar-refractivity contribution is -0.387. The lowest BCUT2D eigenvalue weighted by atomic mass is 10.2. The number of aryl methyl sites for hydroxylation is 2. The molecule has 3 aromatic carbocycles. The van der Waals surface area contributed by atoms with E-state index in [0.717, 1.165) is 29.0 Å². The molecule has 1 heterocycles. The molecule has 0 aliphatic carbocycles. The predicted octanol–water partition coefficient (Wildman–Crippen LogP) is 5.70. The van der Waals surface area contributed by atoms with Crippen LogP contribution in [0.1, 0.15) is 16.9 Å². The average molecular weight is 574 g/mol. The summed E-state index contributed by atoms with van der Waals surface area (Å²) in [4.78, 5) is 11.2. The van der Waals surface area contributed by atoms with E-state index in [2.05, 4.69) is 9.44 Å². The normalized spacial score (nSPS) is 11.7. The van der Waals surface area contributed by atoms with Gasteiger partial charge in [0, 0.05) is 6.07 Å². The second-order valence-corrected chi connectivity index (χ2v) is 12.7. The standard InChI is InChI=1S/C25H23N3O7S3/c1-17-5-9-20(10-6-17)37(31,32)26-22-14-24(28(29)30)25(36-16-19-4-3-13-35-19)15-23(22)27-38(33,34)21-11-7-18(2)8-12-21/h3-15,26-27H,16H2,1-2H3. The Morgan fingerprint density at radius 3 is 1.76 bits per heavy atom. The van der Waals surface area contributed by atoms with Gasteiger partial charge in [-0.1, -0.05) is 35.4 Å². The van der Waals surface area contributed by atoms with Crippen LogP contribution in [0, 0.1) is 24.0 Å². The molecule has 2 N–H and O–H groups in total. The van der Waals surface area contributed by atoms with Gasteiger partial charge in [-0.15, -0.1) is 11.8 Å². The molecule has 10 nitrogen and oxygen atoms in total. The van der Waals surface area contributed by atoms with Gasteiger partial charge >= 0.3 is 0 Å². The third-order valence-corrected chi connectivity index (χ3v) is 9.23. The van der Waals surface area contributed by atoms with Crippen molar-refractivity contribution in [2.45, 2.75) is 34.3 Å². The van der Waals surface area contributed by atoms with Crippen molar-refractivity contribution < 1.29 is 26.2 Å². The van der Waals surface area contributed by atoms with Crippen molar-refractivity contribution in [1.29, 1.82) is 0 Å². The number of nitrogens with zero attached hydrogens (tertiary/aromatic N) is 1. The Morgan fingerprint density at radius 2 is 1.32 bits per heavy atom.